The van der Waals surface area contributed by atoms with Crippen molar-refractivity contribution in [2.45, 2.75) is 13.8 Å². The van der Waals surface area contributed by atoms with E-state index < -0.39 is 4.92 Å². The Morgan fingerprint density at radius 3 is 2.60 bits per heavy atom. The lowest BCUT2D eigenvalue weighted by Crippen LogP contribution is -2.09. The minimum absolute atomic E-state index is 0.0378. The van der Waals surface area contributed by atoms with Crippen LogP contribution in [0.4, 0.5) is 16.4 Å². The Morgan fingerprint density at radius 1 is 1.35 bits per heavy atom. The van der Waals surface area contributed by atoms with E-state index in [1.807, 2.05) is 31.2 Å². The van der Waals surface area contributed by atoms with Gasteiger partial charge in [-0.2, -0.15) is 0 Å². The van der Waals surface area contributed by atoms with Crippen LogP contribution in [0.2, 0.25) is 0 Å². The third-order valence-corrected chi connectivity index (χ3v) is 4.23. The molecule has 0 aliphatic rings. The van der Waals surface area contributed by atoms with E-state index in [-0.39, 0.29) is 11.5 Å². The van der Waals surface area contributed by atoms with Gasteiger partial charge in [-0.15, -0.1) is 11.3 Å². The summed E-state index contributed by atoms with van der Waals surface area (Å²) in [7, 11) is 1.76. The van der Waals surface area contributed by atoms with Crippen LogP contribution in [0.5, 0.6) is 0 Å². The lowest BCUT2D eigenvalue weighted by atomic mass is 10.2. The first-order valence-corrected chi connectivity index (χ1v) is 6.81. The summed E-state index contributed by atoms with van der Waals surface area (Å²) in [6.45, 7) is 3.37. The summed E-state index contributed by atoms with van der Waals surface area (Å²) in [6.07, 6.45) is 0. The number of hydrogen-bond acceptors (Lipinski definition) is 5. The van der Waals surface area contributed by atoms with E-state index in [0.717, 1.165) is 22.6 Å². The summed E-state index contributed by atoms with van der Waals surface area (Å²) in [4.78, 5) is 24.2. The van der Waals surface area contributed by atoms with E-state index in [1.165, 1.54) is 13.0 Å². The number of nitro groups is 1. The lowest BCUT2D eigenvalue weighted by molar-refractivity contribution is -0.383. The molecule has 0 fully saturated rings. The maximum absolute atomic E-state index is 11.4. The van der Waals surface area contributed by atoms with Gasteiger partial charge >= 0.3 is 5.69 Å². The number of anilines is 2. The van der Waals surface area contributed by atoms with Crippen molar-refractivity contribution in [3.8, 4) is 0 Å². The zero-order chi connectivity index (χ0) is 14.9. The summed E-state index contributed by atoms with van der Waals surface area (Å²) < 4.78 is 0. The molecule has 0 spiro atoms. The van der Waals surface area contributed by atoms with Crippen LogP contribution < -0.4 is 4.90 Å². The zero-order valence-corrected chi connectivity index (χ0v) is 12.2. The maximum Gasteiger partial charge on any atom is 0.304 e. The van der Waals surface area contributed by atoms with Crippen molar-refractivity contribution in [3.63, 3.8) is 0 Å². The summed E-state index contributed by atoms with van der Waals surface area (Å²) in [5.41, 5.74) is 1.88. The number of carbonyl (C=O) groups is 1. The molecule has 0 amide bonds. The van der Waals surface area contributed by atoms with Crippen LogP contribution in [0, 0.1) is 17.0 Å². The molecule has 0 bridgehead atoms. The Kier molecular flexibility index (Phi) is 3.85. The Bertz CT molecular complexity index is 679. The first kappa shape index (κ1) is 14.2. The summed E-state index contributed by atoms with van der Waals surface area (Å²) >= 11 is 1.14. The number of nitrogens with zero attached hydrogens (tertiary/aromatic N) is 2. The van der Waals surface area contributed by atoms with E-state index in [4.69, 9.17) is 0 Å². The van der Waals surface area contributed by atoms with E-state index in [1.54, 1.807) is 11.9 Å². The van der Waals surface area contributed by atoms with Crippen molar-refractivity contribution in [1.82, 2.24) is 0 Å². The molecular weight excluding hydrogens is 276 g/mol. The monoisotopic (exact) mass is 290 g/mol. The molecule has 0 saturated heterocycles. The minimum Gasteiger partial charge on any atom is -0.331 e. The fourth-order valence-electron chi connectivity index (χ4n) is 1.87. The van der Waals surface area contributed by atoms with E-state index >= 15 is 0 Å². The molecule has 2 aromatic rings. The highest BCUT2D eigenvalue weighted by atomic mass is 32.1. The summed E-state index contributed by atoms with van der Waals surface area (Å²) in [6, 6.07) is 9.02. The Hall–Kier alpha value is -2.21. The summed E-state index contributed by atoms with van der Waals surface area (Å²) in [5.74, 6) is -0.165. The molecule has 0 unspecified atom stereocenters. The molecule has 2 rings (SSSR count). The van der Waals surface area contributed by atoms with Gasteiger partial charge in [-0.1, -0.05) is 12.1 Å². The standard InChI is InChI=1S/C14H14N2O3S/c1-9-5-4-6-11(7-9)15(3)14-12(16(18)19)8-13(20-14)10(2)17/h4-8H,1-3H3. The smallest absolute Gasteiger partial charge is 0.304 e. The van der Waals surface area contributed by atoms with Crippen molar-refractivity contribution >= 4 is 33.5 Å². The Labute approximate surface area is 120 Å². The van der Waals surface area contributed by atoms with Crippen molar-refractivity contribution in [2.24, 2.45) is 0 Å². The van der Waals surface area contributed by atoms with E-state index in [0.29, 0.717) is 9.88 Å². The molecule has 0 radical (unpaired) electrons. The van der Waals surface area contributed by atoms with Crippen LogP contribution >= 0.6 is 11.3 Å². The molecule has 0 atom stereocenters. The SMILES string of the molecule is CC(=O)c1cc([N+](=O)[O-])c(N(C)c2cccc(C)c2)s1. The molecule has 1 heterocycles. The highest BCUT2D eigenvalue weighted by molar-refractivity contribution is 7.18. The fraction of sp³-hybridized carbons (Fsp3) is 0.214. The highest BCUT2D eigenvalue weighted by Gasteiger charge is 2.24. The van der Waals surface area contributed by atoms with Crippen LogP contribution in [0.3, 0.4) is 0 Å². The molecule has 5 nitrogen and oxygen atoms in total. The number of benzene rings is 1. The molecule has 0 N–H and O–H groups in total. The second-order valence-electron chi connectivity index (χ2n) is 4.51. The molecule has 1 aromatic carbocycles. The molecule has 20 heavy (non-hydrogen) atoms. The van der Waals surface area contributed by atoms with Gasteiger partial charge < -0.3 is 4.90 Å². The van der Waals surface area contributed by atoms with Crippen LogP contribution in [-0.4, -0.2) is 17.8 Å². The molecule has 0 aliphatic carbocycles. The summed E-state index contributed by atoms with van der Waals surface area (Å²) in [5, 5.41) is 11.6. The normalized spacial score (nSPS) is 10.3. The minimum atomic E-state index is -0.454. The lowest BCUT2D eigenvalue weighted by Gasteiger charge is -2.17. The van der Waals surface area contributed by atoms with Gasteiger partial charge in [0.25, 0.3) is 0 Å². The van der Waals surface area contributed by atoms with E-state index in [2.05, 4.69) is 0 Å². The fourth-order valence-corrected chi connectivity index (χ4v) is 2.87. The van der Waals surface area contributed by atoms with E-state index in [9.17, 15) is 14.9 Å². The maximum atomic E-state index is 11.4. The van der Waals surface area contributed by atoms with Crippen molar-refractivity contribution in [1.29, 1.82) is 0 Å². The van der Waals surface area contributed by atoms with Crippen molar-refractivity contribution in [3.05, 3.63) is 50.9 Å². The molecule has 0 aliphatic heterocycles. The van der Waals surface area contributed by atoms with Gasteiger partial charge in [0.1, 0.15) is 0 Å². The van der Waals surface area contributed by atoms with Crippen LogP contribution in [0.1, 0.15) is 22.2 Å². The van der Waals surface area contributed by atoms with Crippen LogP contribution in [0.25, 0.3) is 0 Å². The van der Waals surface area contributed by atoms with Gasteiger partial charge in [0.05, 0.1) is 9.80 Å². The van der Waals surface area contributed by atoms with Crippen molar-refractivity contribution in [2.75, 3.05) is 11.9 Å². The van der Waals surface area contributed by atoms with Crippen molar-refractivity contribution < 1.29 is 9.72 Å². The second kappa shape index (κ2) is 5.42. The second-order valence-corrected chi connectivity index (χ2v) is 5.54. The van der Waals surface area contributed by atoms with Gasteiger partial charge in [-0.25, -0.2) is 0 Å². The number of ketones is 1. The highest BCUT2D eigenvalue weighted by Crippen LogP contribution is 2.40. The number of carbonyl (C=O) groups excluding carboxylic acids is 1. The largest absolute Gasteiger partial charge is 0.331 e. The quantitative estimate of drug-likeness (QED) is 0.486. The molecule has 0 saturated carbocycles. The molecule has 6 heteroatoms. The number of hydrogen-bond donors (Lipinski definition) is 0. The average Bonchev–Trinajstić information content (AvgIpc) is 2.83. The predicted molar refractivity (Wildman–Crippen MR) is 80.2 cm³/mol. The number of rotatable bonds is 4. The van der Waals surface area contributed by atoms with Crippen LogP contribution in [-0.2, 0) is 0 Å². The van der Waals surface area contributed by atoms with Gasteiger partial charge in [-0.3, -0.25) is 14.9 Å². The Balaban J connectivity index is 2.50. The number of Topliss-reactive ketones (excluding diaryl/α,β-unsaturated/α-hetero) is 1. The van der Waals surface area contributed by atoms with Gasteiger partial charge in [0, 0.05) is 18.8 Å². The zero-order valence-electron chi connectivity index (χ0n) is 11.4. The third-order valence-electron chi connectivity index (χ3n) is 2.93. The molecular formula is C14H14N2O3S. The first-order chi connectivity index (χ1) is 9.40. The number of thiophene rings is 1. The first-order valence-electron chi connectivity index (χ1n) is 5.99. The van der Waals surface area contributed by atoms with Crippen LogP contribution in [0.15, 0.2) is 30.3 Å². The predicted octanol–water partition coefficient (Wildman–Crippen LogP) is 3.94. The molecule has 1 aromatic heterocycles. The number of aryl methyl sites for hydroxylation is 1. The Morgan fingerprint density at radius 2 is 2.05 bits per heavy atom. The third kappa shape index (κ3) is 2.70. The van der Waals surface area contributed by atoms with Gasteiger partial charge in [0.15, 0.2) is 10.8 Å². The average molecular weight is 290 g/mol. The van der Waals surface area contributed by atoms with Gasteiger partial charge in [0.2, 0.25) is 0 Å². The molecule has 104 valence electrons. The topological polar surface area (TPSA) is 63.4 Å². The van der Waals surface area contributed by atoms with Gasteiger partial charge in [-0.05, 0) is 31.5 Å².